The number of ether oxygens (including phenoxy) is 1. The highest BCUT2D eigenvalue weighted by Crippen LogP contribution is 2.37. The summed E-state index contributed by atoms with van der Waals surface area (Å²) in [6, 6.07) is 2.92. The number of carbonyl (C=O) groups excluding carboxylic acids is 1. The van der Waals surface area contributed by atoms with Crippen LogP contribution >= 0.6 is 15.9 Å². The van der Waals surface area contributed by atoms with Gasteiger partial charge in [-0.2, -0.15) is 13.2 Å². The quantitative estimate of drug-likeness (QED) is 0.587. The molecule has 0 bridgehead atoms. The summed E-state index contributed by atoms with van der Waals surface area (Å²) in [7, 11) is 0. The van der Waals surface area contributed by atoms with Gasteiger partial charge in [-0.05, 0) is 65.9 Å². The van der Waals surface area contributed by atoms with Crippen molar-refractivity contribution >= 4 is 22.0 Å². The van der Waals surface area contributed by atoms with Gasteiger partial charge in [-0.3, -0.25) is 0 Å². The lowest BCUT2D eigenvalue weighted by molar-refractivity contribution is -0.136. The third-order valence-electron chi connectivity index (χ3n) is 4.91. The topological polar surface area (TPSA) is 41.6 Å². The summed E-state index contributed by atoms with van der Waals surface area (Å²) in [5, 5.41) is 2.76. The highest BCUT2D eigenvalue weighted by atomic mass is 79.9. The molecule has 1 N–H and O–H groups in total. The molecule has 2 atom stereocenters. The maximum absolute atomic E-state index is 12.7. The lowest BCUT2D eigenvalue weighted by Gasteiger charge is -2.31. The second kappa shape index (κ2) is 9.17. The Kier molecular flexibility index (Phi) is 7.42. The number of amides is 2. The maximum Gasteiger partial charge on any atom is 0.389 e. The minimum Gasteiger partial charge on any atom is -0.492 e. The molecule has 0 fully saturated rings. The Morgan fingerprint density at radius 1 is 1.37 bits per heavy atom. The first-order chi connectivity index (χ1) is 12.7. The van der Waals surface area contributed by atoms with Crippen molar-refractivity contribution < 1.29 is 22.7 Å². The van der Waals surface area contributed by atoms with Crippen molar-refractivity contribution in [1.29, 1.82) is 0 Å². The Morgan fingerprint density at radius 2 is 2.07 bits per heavy atom. The number of hydrogen-bond acceptors (Lipinski definition) is 2. The van der Waals surface area contributed by atoms with Crippen LogP contribution in [0.2, 0.25) is 0 Å². The average molecular weight is 451 g/mol. The fourth-order valence-electron chi connectivity index (χ4n) is 3.27. The molecule has 2 amide bonds. The van der Waals surface area contributed by atoms with E-state index in [0.29, 0.717) is 19.6 Å². The summed E-state index contributed by atoms with van der Waals surface area (Å²) in [6.07, 6.45) is -3.95. The summed E-state index contributed by atoms with van der Waals surface area (Å²) >= 11 is 3.51. The SMILES string of the molecule is CC[C@H](CCC(F)(F)F)NC(=O)N(CC)[C@H](C)c1cc(Br)c2c(c1)CCO2. The first-order valence-corrected chi connectivity index (χ1v) is 10.0. The molecule has 1 aliphatic rings. The number of nitrogens with one attached hydrogen (secondary N) is 1. The number of halogens is 4. The number of hydrogen-bond donors (Lipinski definition) is 1. The van der Waals surface area contributed by atoms with Crippen LogP contribution in [0.5, 0.6) is 5.75 Å². The second-order valence-corrected chi connectivity index (χ2v) is 7.61. The molecule has 1 aromatic carbocycles. The van der Waals surface area contributed by atoms with E-state index in [9.17, 15) is 18.0 Å². The summed E-state index contributed by atoms with van der Waals surface area (Å²) in [4.78, 5) is 14.3. The zero-order chi connectivity index (χ0) is 20.2. The fourth-order valence-corrected chi connectivity index (χ4v) is 3.91. The summed E-state index contributed by atoms with van der Waals surface area (Å²) < 4.78 is 43.9. The van der Waals surface area contributed by atoms with Gasteiger partial charge < -0.3 is 15.0 Å². The molecule has 152 valence electrons. The van der Waals surface area contributed by atoms with Crippen molar-refractivity contribution in [1.82, 2.24) is 10.2 Å². The summed E-state index contributed by atoms with van der Waals surface area (Å²) in [5.74, 6) is 0.844. The van der Waals surface area contributed by atoms with Gasteiger partial charge in [0.25, 0.3) is 0 Å². The van der Waals surface area contributed by atoms with E-state index in [2.05, 4.69) is 21.2 Å². The smallest absolute Gasteiger partial charge is 0.389 e. The number of rotatable bonds is 7. The van der Waals surface area contributed by atoms with Crippen LogP contribution in [-0.2, 0) is 6.42 Å². The first kappa shape index (κ1) is 21.9. The lowest BCUT2D eigenvalue weighted by Crippen LogP contribution is -2.45. The van der Waals surface area contributed by atoms with Gasteiger partial charge in [0.1, 0.15) is 5.75 Å². The third-order valence-corrected chi connectivity index (χ3v) is 5.50. The molecule has 27 heavy (non-hydrogen) atoms. The van der Waals surface area contributed by atoms with E-state index in [-0.39, 0.29) is 18.5 Å². The molecule has 8 heteroatoms. The van der Waals surface area contributed by atoms with Crippen molar-refractivity contribution in [2.24, 2.45) is 0 Å². The van der Waals surface area contributed by atoms with Crippen LogP contribution in [0.4, 0.5) is 18.0 Å². The zero-order valence-corrected chi connectivity index (χ0v) is 17.4. The van der Waals surface area contributed by atoms with Crippen LogP contribution in [-0.4, -0.2) is 36.3 Å². The molecule has 0 saturated heterocycles. The van der Waals surface area contributed by atoms with Gasteiger partial charge >= 0.3 is 12.2 Å². The normalized spacial score (nSPS) is 15.7. The molecule has 4 nitrogen and oxygen atoms in total. The van der Waals surface area contributed by atoms with E-state index in [1.807, 2.05) is 26.0 Å². The first-order valence-electron chi connectivity index (χ1n) is 9.25. The summed E-state index contributed by atoms with van der Waals surface area (Å²) in [5.41, 5.74) is 2.06. The van der Waals surface area contributed by atoms with Crippen LogP contribution in [0.1, 0.15) is 57.2 Å². The largest absolute Gasteiger partial charge is 0.492 e. The van der Waals surface area contributed by atoms with E-state index >= 15 is 0 Å². The number of benzene rings is 1. The van der Waals surface area contributed by atoms with E-state index in [1.165, 1.54) is 0 Å². The number of carbonyl (C=O) groups is 1. The van der Waals surface area contributed by atoms with E-state index in [1.54, 1.807) is 11.8 Å². The van der Waals surface area contributed by atoms with Gasteiger partial charge in [0, 0.05) is 25.4 Å². The Labute approximate surface area is 166 Å². The molecular weight excluding hydrogens is 425 g/mol. The molecule has 0 spiro atoms. The van der Waals surface area contributed by atoms with Crippen LogP contribution in [0.3, 0.4) is 0 Å². The second-order valence-electron chi connectivity index (χ2n) is 6.76. The maximum atomic E-state index is 12.7. The van der Waals surface area contributed by atoms with Crippen LogP contribution in [0.25, 0.3) is 0 Å². The minimum atomic E-state index is -4.21. The van der Waals surface area contributed by atoms with Gasteiger partial charge in [0.05, 0.1) is 17.1 Å². The molecule has 1 aromatic rings. The van der Waals surface area contributed by atoms with Gasteiger partial charge in [-0.15, -0.1) is 0 Å². The Bertz CT molecular complexity index is 667. The average Bonchev–Trinajstić information content (AvgIpc) is 3.07. The molecule has 0 saturated carbocycles. The zero-order valence-electron chi connectivity index (χ0n) is 15.8. The van der Waals surface area contributed by atoms with Crippen LogP contribution in [0.15, 0.2) is 16.6 Å². The number of nitrogens with zero attached hydrogens (tertiary/aromatic N) is 1. The number of fused-ring (bicyclic) bond motifs is 1. The van der Waals surface area contributed by atoms with E-state index in [4.69, 9.17) is 4.74 Å². The van der Waals surface area contributed by atoms with E-state index in [0.717, 1.165) is 27.8 Å². The van der Waals surface area contributed by atoms with E-state index < -0.39 is 18.6 Å². The molecule has 0 radical (unpaired) electrons. The van der Waals surface area contributed by atoms with Gasteiger partial charge in [-0.25, -0.2) is 4.79 Å². The Morgan fingerprint density at radius 3 is 2.67 bits per heavy atom. The van der Waals surface area contributed by atoms with Gasteiger partial charge in [-0.1, -0.05) is 6.92 Å². The summed E-state index contributed by atoms with van der Waals surface area (Å²) in [6.45, 7) is 6.65. The Hall–Kier alpha value is -1.44. The molecular formula is C19H26BrF3N2O2. The monoisotopic (exact) mass is 450 g/mol. The van der Waals surface area contributed by atoms with Crippen LogP contribution < -0.4 is 10.1 Å². The predicted octanol–water partition coefficient (Wildman–Crippen LogP) is 5.60. The standard InChI is InChI=1S/C19H26BrF3N2O2/c1-4-15(6-8-19(21,22)23)24-18(26)25(5-2)12(3)14-10-13-7-9-27-17(13)16(20)11-14/h10-12,15H,4-9H2,1-3H3,(H,24,26)/t12-,15-/m1/s1. The van der Waals surface area contributed by atoms with Crippen molar-refractivity contribution in [3.05, 3.63) is 27.7 Å². The van der Waals surface area contributed by atoms with Crippen LogP contribution in [0, 0.1) is 0 Å². The van der Waals surface area contributed by atoms with Crippen molar-refractivity contribution in [2.75, 3.05) is 13.2 Å². The Balaban J connectivity index is 2.08. The fraction of sp³-hybridized carbons (Fsp3) is 0.632. The van der Waals surface area contributed by atoms with Crippen molar-refractivity contribution in [3.8, 4) is 5.75 Å². The van der Waals surface area contributed by atoms with Gasteiger partial charge in [0.15, 0.2) is 0 Å². The third kappa shape index (κ3) is 5.77. The molecule has 2 rings (SSSR count). The number of alkyl halides is 3. The molecule has 1 aliphatic heterocycles. The molecule has 0 unspecified atom stereocenters. The number of urea groups is 1. The highest BCUT2D eigenvalue weighted by molar-refractivity contribution is 9.10. The molecule has 0 aromatic heterocycles. The van der Waals surface area contributed by atoms with Crippen molar-refractivity contribution in [3.63, 3.8) is 0 Å². The molecule has 0 aliphatic carbocycles. The van der Waals surface area contributed by atoms with Crippen molar-refractivity contribution in [2.45, 2.75) is 64.7 Å². The predicted molar refractivity (Wildman–Crippen MR) is 102 cm³/mol. The highest BCUT2D eigenvalue weighted by Gasteiger charge is 2.29. The lowest BCUT2D eigenvalue weighted by atomic mass is 10.0. The van der Waals surface area contributed by atoms with Gasteiger partial charge in [0.2, 0.25) is 0 Å². The minimum absolute atomic E-state index is 0.112. The molecule has 1 heterocycles.